The van der Waals surface area contributed by atoms with Crippen LogP contribution in [0.25, 0.3) is 0 Å². The molecule has 2 N–H and O–H groups in total. The van der Waals surface area contributed by atoms with Crippen molar-refractivity contribution in [1.29, 1.82) is 0 Å². The number of ether oxygens (including phenoxy) is 1. The number of nitrogens with one attached hydrogen (secondary N) is 1. The van der Waals surface area contributed by atoms with Crippen LogP contribution in [-0.2, 0) is 4.79 Å². The molecule has 0 aliphatic carbocycles. The van der Waals surface area contributed by atoms with Crippen molar-refractivity contribution in [3.05, 3.63) is 48.2 Å². The van der Waals surface area contributed by atoms with E-state index in [1.165, 1.54) is 30.5 Å². The molecule has 6 nitrogen and oxygen atoms in total. The standard InChI is InChI=1S/C15H11F3N2O4S/c16-15(17,18)24-10-5-3-9(4-6-10)20-8-12(21)25-13-11(14(22)23)2-1-7-19-13/h1-7,20H,8H2,(H,22,23). The van der Waals surface area contributed by atoms with E-state index in [1.807, 2.05) is 0 Å². The van der Waals surface area contributed by atoms with Crippen LogP contribution in [-0.4, -0.2) is 34.1 Å². The summed E-state index contributed by atoms with van der Waals surface area (Å²) in [7, 11) is 0. The van der Waals surface area contributed by atoms with E-state index in [9.17, 15) is 22.8 Å². The Labute approximate surface area is 144 Å². The number of hydrogen-bond donors (Lipinski definition) is 2. The Kier molecular flexibility index (Phi) is 5.86. The van der Waals surface area contributed by atoms with Crippen molar-refractivity contribution in [2.24, 2.45) is 0 Å². The molecule has 0 atom stereocenters. The zero-order chi connectivity index (χ0) is 18.4. The van der Waals surface area contributed by atoms with Gasteiger partial charge in [0.05, 0.1) is 12.1 Å². The summed E-state index contributed by atoms with van der Waals surface area (Å²) in [4.78, 5) is 26.8. The number of rotatable bonds is 6. The van der Waals surface area contributed by atoms with Gasteiger partial charge in [-0.05, 0) is 48.2 Å². The molecule has 0 spiro atoms. The van der Waals surface area contributed by atoms with Crippen LogP contribution in [0.2, 0.25) is 0 Å². The molecular formula is C15H11F3N2O4S. The van der Waals surface area contributed by atoms with Gasteiger partial charge in [-0.1, -0.05) is 0 Å². The highest BCUT2D eigenvalue weighted by molar-refractivity contribution is 8.13. The first kappa shape index (κ1) is 18.6. The van der Waals surface area contributed by atoms with Crippen molar-refractivity contribution in [3.8, 4) is 5.75 Å². The van der Waals surface area contributed by atoms with E-state index in [4.69, 9.17) is 5.11 Å². The molecule has 0 saturated carbocycles. The van der Waals surface area contributed by atoms with Gasteiger partial charge >= 0.3 is 12.3 Å². The molecule has 0 unspecified atom stereocenters. The minimum Gasteiger partial charge on any atom is -0.478 e. The summed E-state index contributed by atoms with van der Waals surface area (Å²) in [5, 5.41) is 11.4. The molecule has 0 amide bonds. The summed E-state index contributed by atoms with van der Waals surface area (Å²) in [6.45, 7) is -0.167. The third-order valence-corrected chi connectivity index (χ3v) is 3.63. The summed E-state index contributed by atoms with van der Waals surface area (Å²) in [6.07, 6.45) is -3.40. The maximum absolute atomic E-state index is 12.1. The number of carboxylic acids is 1. The van der Waals surface area contributed by atoms with Gasteiger partial charge in [-0.25, -0.2) is 9.78 Å². The van der Waals surface area contributed by atoms with Gasteiger partial charge in [-0.2, -0.15) is 0 Å². The first-order valence-electron chi connectivity index (χ1n) is 6.73. The van der Waals surface area contributed by atoms with E-state index in [0.717, 1.165) is 12.1 Å². The number of aromatic carboxylic acids is 1. The second-order valence-electron chi connectivity index (χ2n) is 4.56. The third-order valence-electron chi connectivity index (χ3n) is 2.74. The second kappa shape index (κ2) is 7.88. The van der Waals surface area contributed by atoms with E-state index < -0.39 is 17.4 Å². The van der Waals surface area contributed by atoms with Crippen molar-refractivity contribution in [2.45, 2.75) is 11.4 Å². The SMILES string of the molecule is O=C(CNc1ccc(OC(F)(F)F)cc1)Sc1ncccc1C(=O)O. The van der Waals surface area contributed by atoms with Gasteiger partial charge in [0.15, 0.2) is 0 Å². The number of anilines is 1. The molecule has 0 radical (unpaired) electrons. The number of carbonyl (C=O) groups is 2. The fourth-order valence-electron chi connectivity index (χ4n) is 1.73. The molecule has 1 aromatic carbocycles. The maximum Gasteiger partial charge on any atom is 0.573 e. The van der Waals surface area contributed by atoms with E-state index in [2.05, 4.69) is 15.0 Å². The van der Waals surface area contributed by atoms with Gasteiger partial charge < -0.3 is 15.2 Å². The minimum atomic E-state index is -4.77. The number of benzene rings is 1. The Hall–Kier alpha value is -2.75. The predicted octanol–water partition coefficient (Wildman–Crippen LogP) is 3.41. The average molecular weight is 372 g/mol. The molecule has 0 aliphatic rings. The second-order valence-corrected chi connectivity index (χ2v) is 5.61. The number of hydrogen-bond acceptors (Lipinski definition) is 6. The van der Waals surface area contributed by atoms with Crippen molar-refractivity contribution >= 4 is 28.5 Å². The zero-order valence-corrected chi connectivity index (χ0v) is 13.2. The Morgan fingerprint density at radius 3 is 2.48 bits per heavy atom. The molecule has 2 aromatic rings. The van der Waals surface area contributed by atoms with Gasteiger partial charge in [0.2, 0.25) is 5.12 Å². The average Bonchev–Trinajstić information content (AvgIpc) is 2.53. The molecule has 0 saturated heterocycles. The highest BCUT2D eigenvalue weighted by Gasteiger charge is 2.30. The van der Waals surface area contributed by atoms with Crippen molar-refractivity contribution in [2.75, 3.05) is 11.9 Å². The van der Waals surface area contributed by atoms with E-state index in [-0.39, 0.29) is 22.9 Å². The lowest BCUT2D eigenvalue weighted by molar-refractivity contribution is -0.274. The summed E-state index contributed by atoms with van der Waals surface area (Å²) in [5.41, 5.74) is 0.317. The smallest absolute Gasteiger partial charge is 0.478 e. The normalized spacial score (nSPS) is 11.0. The Balaban J connectivity index is 1.91. The van der Waals surface area contributed by atoms with E-state index in [1.54, 1.807) is 0 Å². The number of pyridine rings is 1. The lowest BCUT2D eigenvalue weighted by Crippen LogP contribution is -2.17. The van der Waals surface area contributed by atoms with Crippen molar-refractivity contribution in [1.82, 2.24) is 4.98 Å². The summed E-state index contributed by atoms with van der Waals surface area (Å²) in [6, 6.07) is 7.63. The van der Waals surface area contributed by atoms with Crippen molar-refractivity contribution in [3.63, 3.8) is 0 Å². The van der Waals surface area contributed by atoms with Crippen LogP contribution in [0.15, 0.2) is 47.6 Å². The van der Waals surface area contributed by atoms with Crippen molar-refractivity contribution < 1.29 is 32.6 Å². The fourth-order valence-corrected chi connectivity index (χ4v) is 2.47. The Morgan fingerprint density at radius 1 is 1.20 bits per heavy atom. The molecule has 132 valence electrons. The van der Waals surface area contributed by atoms with Gasteiger partial charge in [-0.3, -0.25) is 4.79 Å². The predicted molar refractivity (Wildman–Crippen MR) is 83.7 cm³/mol. The maximum atomic E-state index is 12.1. The lowest BCUT2D eigenvalue weighted by Gasteiger charge is -2.10. The quantitative estimate of drug-likeness (QED) is 0.751. The zero-order valence-electron chi connectivity index (χ0n) is 12.4. The minimum absolute atomic E-state index is 0.0655. The van der Waals surface area contributed by atoms with Crippen LogP contribution in [0.4, 0.5) is 18.9 Å². The number of alkyl halides is 3. The molecular weight excluding hydrogens is 361 g/mol. The molecule has 0 fully saturated rings. The topological polar surface area (TPSA) is 88.5 Å². The van der Waals surface area contributed by atoms with E-state index >= 15 is 0 Å². The lowest BCUT2D eigenvalue weighted by atomic mass is 10.3. The van der Waals surface area contributed by atoms with Crippen LogP contribution < -0.4 is 10.1 Å². The third kappa shape index (κ3) is 5.99. The number of aromatic nitrogens is 1. The monoisotopic (exact) mass is 372 g/mol. The fraction of sp³-hybridized carbons (Fsp3) is 0.133. The van der Waals surface area contributed by atoms with Crippen LogP contribution in [0.5, 0.6) is 5.75 Å². The molecule has 1 aromatic heterocycles. The van der Waals surface area contributed by atoms with Crippen LogP contribution in [0.3, 0.4) is 0 Å². The first-order chi connectivity index (χ1) is 11.7. The van der Waals surface area contributed by atoms with Crippen LogP contribution in [0, 0.1) is 0 Å². The van der Waals surface area contributed by atoms with Crippen LogP contribution >= 0.6 is 11.8 Å². The largest absolute Gasteiger partial charge is 0.573 e. The van der Waals surface area contributed by atoms with Gasteiger partial charge in [-0.15, -0.1) is 13.2 Å². The Morgan fingerprint density at radius 2 is 1.88 bits per heavy atom. The number of carboxylic acid groups (broad SMARTS) is 1. The Bertz CT molecular complexity index is 766. The summed E-state index contributed by atoms with van der Waals surface area (Å²) >= 11 is 0.662. The van der Waals surface area contributed by atoms with Gasteiger partial charge in [0, 0.05) is 11.9 Å². The van der Waals surface area contributed by atoms with Crippen LogP contribution in [0.1, 0.15) is 10.4 Å². The highest BCUT2D eigenvalue weighted by atomic mass is 32.2. The number of carbonyl (C=O) groups excluding carboxylic acids is 1. The summed E-state index contributed by atoms with van der Waals surface area (Å²) < 4.78 is 39.9. The molecule has 0 aliphatic heterocycles. The number of nitrogens with zero attached hydrogens (tertiary/aromatic N) is 1. The van der Waals surface area contributed by atoms with E-state index in [0.29, 0.717) is 17.4 Å². The first-order valence-corrected chi connectivity index (χ1v) is 7.55. The molecule has 0 bridgehead atoms. The van der Waals surface area contributed by atoms with Gasteiger partial charge in [0.1, 0.15) is 10.8 Å². The van der Waals surface area contributed by atoms with Gasteiger partial charge in [0.25, 0.3) is 0 Å². The number of thioether (sulfide) groups is 1. The molecule has 2 rings (SSSR count). The highest BCUT2D eigenvalue weighted by Crippen LogP contribution is 2.24. The molecule has 10 heteroatoms. The summed E-state index contributed by atoms with van der Waals surface area (Å²) in [5.74, 6) is -1.57. The molecule has 25 heavy (non-hydrogen) atoms. The number of halogens is 3. The molecule has 1 heterocycles.